The first-order valence-corrected chi connectivity index (χ1v) is 7.77. The zero-order valence-electron chi connectivity index (χ0n) is 14.2. The van der Waals surface area contributed by atoms with Crippen LogP contribution in [0.4, 0.5) is 0 Å². The van der Waals surface area contributed by atoms with Gasteiger partial charge in [0.05, 0.1) is 0 Å². The van der Waals surface area contributed by atoms with Gasteiger partial charge in [0.1, 0.15) is 0 Å². The van der Waals surface area contributed by atoms with Crippen molar-refractivity contribution in [2.75, 3.05) is 39.9 Å². The summed E-state index contributed by atoms with van der Waals surface area (Å²) < 4.78 is 5.51. The molecule has 0 saturated carbocycles. The van der Waals surface area contributed by atoms with Gasteiger partial charge in [-0.05, 0) is 12.3 Å². The number of guanidine groups is 1. The molecule has 124 valence electrons. The van der Waals surface area contributed by atoms with Crippen LogP contribution in [-0.4, -0.2) is 51.8 Å². The highest BCUT2D eigenvalue weighted by molar-refractivity contribution is 5.80. The van der Waals surface area contributed by atoms with Gasteiger partial charge in [-0.2, -0.15) is 0 Å². The Morgan fingerprint density at radius 1 is 1.05 bits per heavy atom. The number of nitrogens with zero attached hydrogens (tertiary/aromatic N) is 1. The van der Waals surface area contributed by atoms with E-state index >= 15 is 0 Å². The lowest BCUT2D eigenvalue weighted by Crippen LogP contribution is -2.42. The standard InChI is InChI=1S/C15H32N4O2/c1-12(2)11-21-10-6-7-18-15(16-5)19-9-8-17-14(20)13(3)4/h12-13H,6-11H2,1-5H3,(H,17,20)(H2,16,18,19). The van der Waals surface area contributed by atoms with Gasteiger partial charge in [0.15, 0.2) is 5.96 Å². The second kappa shape index (κ2) is 12.4. The first-order valence-electron chi connectivity index (χ1n) is 7.77. The maximum Gasteiger partial charge on any atom is 0.222 e. The summed E-state index contributed by atoms with van der Waals surface area (Å²) >= 11 is 0. The topological polar surface area (TPSA) is 74.8 Å². The molecule has 0 unspecified atom stereocenters. The molecule has 0 bridgehead atoms. The van der Waals surface area contributed by atoms with Gasteiger partial charge in [0.2, 0.25) is 5.91 Å². The van der Waals surface area contributed by atoms with Gasteiger partial charge in [-0.1, -0.05) is 27.7 Å². The average molecular weight is 300 g/mol. The number of hydrogen-bond acceptors (Lipinski definition) is 3. The first kappa shape index (κ1) is 19.7. The van der Waals surface area contributed by atoms with E-state index in [1.807, 2.05) is 13.8 Å². The van der Waals surface area contributed by atoms with Crippen molar-refractivity contribution in [3.8, 4) is 0 Å². The van der Waals surface area contributed by atoms with E-state index in [1.165, 1.54) is 0 Å². The van der Waals surface area contributed by atoms with Crippen molar-refractivity contribution in [2.45, 2.75) is 34.1 Å². The summed E-state index contributed by atoms with van der Waals surface area (Å²) in [6.07, 6.45) is 0.942. The number of carbonyl (C=O) groups is 1. The van der Waals surface area contributed by atoms with E-state index in [-0.39, 0.29) is 11.8 Å². The number of ether oxygens (including phenoxy) is 1. The molecule has 0 fully saturated rings. The van der Waals surface area contributed by atoms with Crippen LogP contribution in [-0.2, 0) is 9.53 Å². The second-order valence-electron chi connectivity index (χ2n) is 5.69. The highest BCUT2D eigenvalue weighted by Crippen LogP contribution is 1.92. The lowest BCUT2D eigenvalue weighted by Gasteiger charge is -2.13. The van der Waals surface area contributed by atoms with Crippen LogP contribution in [0.25, 0.3) is 0 Å². The Hall–Kier alpha value is -1.30. The maximum absolute atomic E-state index is 11.4. The van der Waals surface area contributed by atoms with Crippen molar-refractivity contribution in [1.82, 2.24) is 16.0 Å². The average Bonchev–Trinajstić information content (AvgIpc) is 2.43. The van der Waals surface area contributed by atoms with Crippen LogP contribution >= 0.6 is 0 Å². The molecule has 0 radical (unpaired) electrons. The number of hydrogen-bond donors (Lipinski definition) is 3. The fourth-order valence-corrected chi connectivity index (χ4v) is 1.49. The Balaban J connectivity index is 3.57. The Morgan fingerprint density at radius 2 is 1.67 bits per heavy atom. The van der Waals surface area contributed by atoms with E-state index < -0.39 is 0 Å². The number of aliphatic imine (C=N–C) groups is 1. The second-order valence-corrected chi connectivity index (χ2v) is 5.69. The van der Waals surface area contributed by atoms with Crippen LogP contribution in [0.5, 0.6) is 0 Å². The third-order valence-electron chi connectivity index (χ3n) is 2.67. The molecule has 1 amide bonds. The van der Waals surface area contributed by atoms with Gasteiger partial charge in [-0.3, -0.25) is 9.79 Å². The normalized spacial score (nSPS) is 11.9. The molecule has 0 aliphatic rings. The van der Waals surface area contributed by atoms with Crippen LogP contribution in [0.1, 0.15) is 34.1 Å². The molecular weight excluding hydrogens is 268 g/mol. The first-order chi connectivity index (χ1) is 9.97. The minimum atomic E-state index is 0.0216. The molecule has 0 aromatic carbocycles. The van der Waals surface area contributed by atoms with Crippen molar-refractivity contribution in [3.63, 3.8) is 0 Å². The van der Waals surface area contributed by atoms with E-state index in [0.29, 0.717) is 19.0 Å². The van der Waals surface area contributed by atoms with Gasteiger partial charge in [-0.25, -0.2) is 0 Å². The molecular formula is C15H32N4O2. The summed E-state index contributed by atoms with van der Waals surface area (Å²) in [5.41, 5.74) is 0. The van der Waals surface area contributed by atoms with Crippen molar-refractivity contribution >= 4 is 11.9 Å². The van der Waals surface area contributed by atoms with Gasteiger partial charge in [-0.15, -0.1) is 0 Å². The van der Waals surface area contributed by atoms with E-state index in [4.69, 9.17) is 4.74 Å². The number of nitrogens with one attached hydrogen (secondary N) is 3. The number of carbonyl (C=O) groups excluding carboxylic acids is 1. The Morgan fingerprint density at radius 3 is 2.24 bits per heavy atom. The molecule has 6 heteroatoms. The predicted octanol–water partition coefficient (Wildman–Crippen LogP) is 0.986. The monoisotopic (exact) mass is 300 g/mol. The molecule has 0 aromatic heterocycles. The van der Waals surface area contributed by atoms with Crippen molar-refractivity contribution in [1.29, 1.82) is 0 Å². The van der Waals surface area contributed by atoms with Crippen LogP contribution < -0.4 is 16.0 Å². The molecule has 6 nitrogen and oxygen atoms in total. The summed E-state index contributed by atoms with van der Waals surface area (Å²) in [7, 11) is 1.73. The molecule has 0 spiro atoms. The summed E-state index contributed by atoms with van der Waals surface area (Å²) in [6.45, 7) is 11.7. The minimum Gasteiger partial charge on any atom is -0.381 e. The number of rotatable bonds is 10. The molecule has 0 aromatic rings. The SMILES string of the molecule is CN=C(NCCCOCC(C)C)NCCNC(=O)C(C)C. The quantitative estimate of drug-likeness (QED) is 0.319. The number of amides is 1. The van der Waals surface area contributed by atoms with E-state index in [2.05, 4.69) is 34.8 Å². The van der Waals surface area contributed by atoms with Crippen LogP contribution in [0.2, 0.25) is 0 Å². The molecule has 0 heterocycles. The fraction of sp³-hybridized carbons (Fsp3) is 0.867. The van der Waals surface area contributed by atoms with Gasteiger partial charge in [0, 0.05) is 45.8 Å². The van der Waals surface area contributed by atoms with Crippen LogP contribution in [0.3, 0.4) is 0 Å². The highest BCUT2D eigenvalue weighted by Gasteiger charge is 2.05. The summed E-state index contributed by atoms with van der Waals surface area (Å²) in [5.74, 6) is 1.42. The van der Waals surface area contributed by atoms with E-state index in [1.54, 1.807) is 7.05 Å². The smallest absolute Gasteiger partial charge is 0.222 e. The summed E-state index contributed by atoms with van der Waals surface area (Å²) in [5, 5.41) is 9.22. The van der Waals surface area contributed by atoms with E-state index in [9.17, 15) is 4.79 Å². The highest BCUT2D eigenvalue weighted by atomic mass is 16.5. The minimum absolute atomic E-state index is 0.0216. The predicted molar refractivity (Wildman–Crippen MR) is 87.5 cm³/mol. The molecule has 21 heavy (non-hydrogen) atoms. The molecule has 0 aliphatic carbocycles. The molecule has 0 aliphatic heterocycles. The lowest BCUT2D eigenvalue weighted by atomic mass is 10.2. The Kier molecular flexibility index (Phi) is 11.7. The van der Waals surface area contributed by atoms with Crippen LogP contribution in [0, 0.1) is 11.8 Å². The molecule has 0 saturated heterocycles. The molecule has 0 rings (SSSR count). The van der Waals surface area contributed by atoms with Crippen molar-refractivity contribution in [2.24, 2.45) is 16.8 Å². The Bertz CT molecular complexity index is 304. The van der Waals surface area contributed by atoms with Gasteiger partial charge in [0.25, 0.3) is 0 Å². The van der Waals surface area contributed by atoms with Crippen LogP contribution in [0.15, 0.2) is 4.99 Å². The zero-order valence-corrected chi connectivity index (χ0v) is 14.2. The van der Waals surface area contributed by atoms with E-state index in [0.717, 1.165) is 32.1 Å². The summed E-state index contributed by atoms with van der Waals surface area (Å²) in [6, 6.07) is 0. The zero-order chi connectivity index (χ0) is 16.1. The van der Waals surface area contributed by atoms with Crippen molar-refractivity contribution in [3.05, 3.63) is 0 Å². The Labute approximate surface area is 129 Å². The molecule has 0 atom stereocenters. The summed E-state index contributed by atoms with van der Waals surface area (Å²) in [4.78, 5) is 15.5. The molecule has 3 N–H and O–H groups in total. The van der Waals surface area contributed by atoms with Gasteiger partial charge >= 0.3 is 0 Å². The van der Waals surface area contributed by atoms with Crippen molar-refractivity contribution < 1.29 is 9.53 Å². The lowest BCUT2D eigenvalue weighted by molar-refractivity contribution is -0.123. The third kappa shape index (κ3) is 12.2. The maximum atomic E-state index is 11.4. The fourth-order valence-electron chi connectivity index (χ4n) is 1.49. The third-order valence-corrected chi connectivity index (χ3v) is 2.67. The largest absolute Gasteiger partial charge is 0.381 e. The van der Waals surface area contributed by atoms with Gasteiger partial charge < -0.3 is 20.7 Å².